The fourth-order valence-corrected chi connectivity index (χ4v) is 2.29. The van der Waals surface area contributed by atoms with Crippen molar-refractivity contribution in [2.24, 2.45) is 5.10 Å². The van der Waals surface area contributed by atoms with Gasteiger partial charge >= 0.3 is 0 Å². The van der Waals surface area contributed by atoms with E-state index in [-0.39, 0.29) is 11.6 Å². The third kappa shape index (κ3) is 4.36. The van der Waals surface area contributed by atoms with E-state index in [1.165, 1.54) is 16.8 Å². The Kier molecular flexibility index (Phi) is 5.00. The number of benzene rings is 2. The first-order valence-electron chi connectivity index (χ1n) is 7.54. The molecule has 2 aromatic carbocycles. The van der Waals surface area contributed by atoms with Gasteiger partial charge in [0.2, 0.25) is 5.95 Å². The van der Waals surface area contributed by atoms with Gasteiger partial charge in [-0.3, -0.25) is 0 Å². The maximum absolute atomic E-state index is 13.4. The first-order valence-corrected chi connectivity index (χ1v) is 7.91. The van der Waals surface area contributed by atoms with Gasteiger partial charge in [-0.25, -0.2) is 14.1 Å². The van der Waals surface area contributed by atoms with E-state index in [2.05, 4.69) is 10.1 Å². The second kappa shape index (κ2) is 7.36. The van der Waals surface area contributed by atoms with Crippen molar-refractivity contribution in [1.29, 1.82) is 0 Å². The Hall–Kier alpha value is -2.86. The van der Waals surface area contributed by atoms with Gasteiger partial charge in [0.15, 0.2) is 0 Å². The van der Waals surface area contributed by atoms with E-state index in [0.717, 1.165) is 11.3 Å². The second-order valence-electron chi connectivity index (χ2n) is 5.44. The van der Waals surface area contributed by atoms with Crippen LogP contribution in [0.4, 0.5) is 10.3 Å². The number of anilines is 1. The van der Waals surface area contributed by atoms with Crippen molar-refractivity contribution >= 4 is 23.8 Å². The summed E-state index contributed by atoms with van der Waals surface area (Å²) in [6.45, 7) is 2.10. The highest BCUT2D eigenvalue weighted by Crippen LogP contribution is 2.18. The molecule has 0 aliphatic rings. The molecule has 0 saturated heterocycles. The predicted molar refractivity (Wildman–Crippen MR) is 96.6 cm³/mol. The molecule has 0 spiro atoms. The van der Waals surface area contributed by atoms with Crippen LogP contribution in [0.3, 0.4) is 0 Å². The zero-order valence-corrected chi connectivity index (χ0v) is 14.2. The Bertz CT molecular complexity index is 906. The predicted octanol–water partition coefficient (Wildman–Crippen LogP) is 4.03. The topological polar surface area (TPSA) is 65.4 Å². The third-order valence-electron chi connectivity index (χ3n) is 3.44. The third-order valence-corrected chi connectivity index (χ3v) is 3.74. The standard InChI is InChI=1S/C18H16ClFN4O/c1-12-10-24(18(21)23-12)22-9-13-2-5-15(6-3-13)25-11-14-4-7-16(19)17(20)8-14/h2-10H,11H2,1H3,(H2,21,23). The number of imidazole rings is 1. The van der Waals surface area contributed by atoms with Crippen molar-refractivity contribution in [1.82, 2.24) is 9.66 Å². The van der Waals surface area contributed by atoms with Crippen LogP contribution in [0.1, 0.15) is 16.8 Å². The largest absolute Gasteiger partial charge is 0.489 e. The summed E-state index contributed by atoms with van der Waals surface area (Å²) in [5.74, 6) is 0.553. The van der Waals surface area contributed by atoms with E-state index in [1.807, 2.05) is 31.2 Å². The van der Waals surface area contributed by atoms with Gasteiger partial charge in [0.1, 0.15) is 18.2 Å². The molecule has 2 N–H and O–H groups in total. The van der Waals surface area contributed by atoms with Gasteiger partial charge in [-0.1, -0.05) is 17.7 Å². The van der Waals surface area contributed by atoms with Gasteiger partial charge in [0.25, 0.3) is 0 Å². The molecule has 0 bridgehead atoms. The first-order chi connectivity index (χ1) is 12.0. The van der Waals surface area contributed by atoms with Crippen molar-refractivity contribution in [2.45, 2.75) is 13.5 Å². The molecule has 0 amide bonds. The highest BCUT2D eigenvalue weighted by molar-refractivity contribution is 6.30. The van der Waals surface area contributed by atoms with Crippen LogP contribution in [0.15, 0.2) is 53.8 Å². The molecule has 0 saturated carbocycles. The number of nitrogen functional groups attached to an aromatic ring is 1. The van der Waals surface area contributed by atoms with Crippen molar-refractivity contribution in [2.75, 3.05) is 5.73 Å². The Labute approximate surface area is 149 Å². The van der Waals surface area contributed by atoms with Crippen molar-refractivity contribution < 1.29 is 9.13 Å². The summed E-state index contributed by atoms with van der Waals surface area (Å²) in [7, 11) is 0. The molecule has 0 atom stereocenters. The number of hydrogen-bond donors (Lipinski definition) is 1. The summed E-state index contributed by atoms with van der Waals surface area (Å²) < 4.78 is 20.5. The molecule has 25 heavy (non-hydrogen) atoms. The summed E-state index contributed by atoms with van der Waals surface area (Å²) in [5.41, 5.74) is 8.12. The SMILES string of the molecule is Cc1cn(N=Cc2ccc(OCc3ccc(Cl)c(F)c3)cc2)c(N)n1. The molecular weight excluding hydrogens is 343 g/mol. The van der Waals surface area contributed by atoms with Gasteiger partial charge in [-0.05, 0) is 54.4 Å². The minimum atomic E-state index is -0.455. The summed E-state index contributed by atoms with van der Waals surface area (Å²) in [6, 6.07) is 12.0. The lowest BCUT2D eigenvalue weighted by atomic mass is 10.2. The Morgan fingerprint density at radius 3 is 2.68 bits per heavy atom. The van der Waals surface area contributed by atoms with Crippen molar-refractivity contribution in [3.05, 3.63) is 76.3 Å². The highest BCUT2D eigenvalue weighted by atomic mass is 35.5. The van der Waals surface area contributed by atoms with Gasteiger partial charge in [0, 0.05) is 0 Å². The van der Waals surface area contributed by atoms with Crippen molar-refractivity contribution in [3.63, 3.8) is 0 Å². The summed E-state index contributed by atoms with van der Waals surface area (Å²) in [5, 5.41) is 4.35. The van der Waals surface area contributed by atoms with Crippen LogP contribution in [-0.2, 0) is 6.61 Å². The number of nitrogens with two attached hydrogens (primary N) is 1. The summed E-state index contributed by atoms with van der Waals surface area (Å²) in [6.07, 6.45) is 3.42. The van der Waals surface area contributed by atoms with Gasteiger partial charge in [0.05, 0.1) is 23.1 Å². The van der Waals surface area contributed by atoms with E-state index in [9.17, 15) is 4.39 Å². The summed E-state index contributed by atoms with van der Waals surface area (Å²) in [4.78, 5) is 4.07. The zero-order valence-electron chi connectivity index (χ0n) is 13.5. The normalized spacial score (nSPS) is 11.2. The molecule has 5 nitrogen and oxygen atoms in total. The quantitative estimate of drug-likeness (QED) is 0.700. The lowest BCUT2D eigenvalue weighted by Crippen LogP contribution is -1.98. The van der Waals surface area contributed by atoms with Crippen molar-refractivity contribution in [3.8, 4) is 5.75 Å². The van der Waals surface area contributed by atoms with E-state index >= 15 is 0 Å². The lowest BCUT2D eigenvalue weighted by Gasteiger charge is -2.07. The molecule has 0 radical (unpaired) electrons. The molecule has 0 unspecified atom stereocenters. The molecule has 1 aromatic heterocycles. The highest BCUT2D eigenvalue weighted by Gasteiger charge is 2.02. The number of halogens is 2. The molecule has 3 rings (SSSR count). The van der Waals surface area contributed by atoms with Crippen LogP contribution in [0.25, 0.3) is 0 Å². The number of aryl methyl sites for hydroxylation is 1. The second-order valence-corrected chi connectivity index (χ2v) is 5.84. The molecule has 3 aromatic rings. The van der Waals surface area contributed by atoms with Gasteiger partial charge < -0.3 is 10.5 Å². The Morgan fingerprint density at radius 1 is 1.28 bits per heavy atom. The van der Waals surface area contributed by atoms with Gasteiger partial charge in [-0.15, -0.1) is 0 Å². The first kappa shape index (κ1) is 17.0. The number of nitrogens with zero attached hydrogens (tertiary/aromatic N) is 3. The molecule has 7 heteroatoms. The van der Waals surface area contributed by atoms with E-state index in [1.54, 1.807) is 18.5 Å². The minimum absolute atomic E-state index is 0.0983. The van der Waals surface area contributed by atoms with Crippen LogP contribution in [0.2, 0.25) is 5.02 Å². The number of ether oxygens (including phenoxy) is 1. The fraction of sp³-hybridized carbons (Fsp3) is 0.111. The molecule has 128 valence electrons. The van der Waals surface area contributed by atoms with E-state index in [0.29, 0.717) is 17.3 Å². The molecule has 0 aliphatic carbocycles. The van der Waals surface area contributed by atoms with Crippen LogP contribution in [0, 0.1) is 12.7 Å². The van der Waals surface area contributed by atoms with Crippen LogP contribution in [0.5, 0.6) is 5.75 Å². The zero-order chi connectivity index (χ0) is 17.8. The minimum Gasteiger partial charge on any atom is -0.489 e. The maximum Gasteiger partial charge on any atom is 0.221 e. The average molecular weight is 359 g/mol. The molecule has 1 heterocycles. The van der Waals surface area contributed by atoms with E-state index in [4.69, 9.17) is 22.1 Å². The number of hydrogen-bond acceptors (Lipinski definition) is 4. The summed E-state index contributed by atoms with van der Waals surface area (Å²) >= 11 is 5.66. The molecule has 0 fully saturated rings. The Balaban J connectivity index is 1.62. The average Bonchev–Trinajstić information content (AvgIpc) is 2.92. The van der Waals surface area contributed by atoms with Crippen LogP contribution >= 0.6 is 11.6 Å². The van der Waals surface area contributed by atoms with Gasteiger partial charge in [-0.2, -0.15) is 5.10 Å². The smallest absolute Gasteiger partial charge is 0.221 e. The monoisotopic (exact) mass is 358 g/mol. The molecule has 0 aliphatic heterocycles. The maximum atomic E-state index is 13.4. The number of rotatable bonds is 5. The fourth-order valence-electron chi connectivity index (χ4n) is 2.17. The lowest BCUT2D eigenvalue weighted by molar-refractivity contribution is 0.305. The number of aromatic nitrogens is 2. The van der Waals surface area contributed by atoms with Crippen LogP contribution < -0.4 is 10.5 Å². The van der Waals surface area contributed by atoms with E-state index < -0.39 is 5.82 Å². The Morgan fingerprint density at radius 2 is 2.04 bits per heavy atom. The van der Waals surface area contributed by atoms with Crippen LogP contribution in [-0.4, -0.2) is 15.9 Å². The molecular formula is C18H16ClFN4O.